The average Bonchev–Trinajstić information content (AvgIpc) is 2.95. The Labute approximate surface area is 134 Å². The highest BCUT2D eigenvalue weighted by Crippen LogP contribution is 2.41. The van der Waals surface area contributed by atoms with Gasteiger partial charge in [-0.2, -0.15) is 23.3 Å². The van der Waals surface area contributed by atoms with Crippen molar-refractivity contribution in [2.24, 2.45) is 5.10 Å². The lowest BCUT2D eigenvalue weighted by molar-refractivity contribution is -0.297. The van der Waals surface area contributed by atoms with Crippen molar-refractivity contribution in [1.29, 1.82) is 0 Å². The summed E-state index contributed by atoms with van der Waals surface area (Å²) < 4.78 is 40.2. The fourth-order valence-electron chi connectivity index (χ4n) is 2.29. The molecule has 1 aliphatic heterocycles. The van der Waals surface area contributed by atoms with Gasteiger partial charge in [0, 0.05) is 35.9 Å². The summed E-state index contributed by atoms with van der Waals surface area (Å²) in [5.41, 5.74) is -3.27. The Morgan fingerprint density at radius 3 is 2.46 bits per heavy atom. The molecule has 0 unspecified atom stereocenters. The average molecular weight is 336 g/mol. The lowest BCUT2D eigenvalue weighted by Crippen LogP contribution is -2.56. The van der Waals surface area contributed by atoms with E-state index in [0.717, 1.165) is 0 Å². The van der Waals surface area contributed by atoms with Crippen LogP contribution in [0.2, 0.25) is 0 Å². The van der Waals surface area contributed by atoms with Crippen LogP contribution >= 0.6 is 0 Å². The summed E-state index contributed by atoms with van der Waals surface area (Å²) in [6, 6.07) is 5.52. The van der Waals surface area contributed by atoms with Crippen LogP contribution in [0.1, 0.15) is 22.3 Å². The van der Waals surface area contributed by atoms with Gasteiger partial charge in [-0.25, -0.2) is 0 Å². The first-order chi connectivity index (χ1) is 11.3. The zero-order valence-corrected chi connectivity index (χ0v) is 12.1. The molecule has 0 fully saturated rings. The summed E-state index contributed by atoms with van der Waals surface area (Å²) in [6.45, 7) is 0. The number of nitrogens with zero attached hydrogens (tertiary/aromatic N) is 4. The Kier molecular flexibility index (Phi) is 3.80. The van der Waals surface area contributed by atoms with Crippen molar-refractivity contribution in [3.8, 4) is 0 Å². The Morgan fingerprint density at radius 1 is 1.17 bits per heavy atom. The van der Waals surface area contributed by atoms with Gasteiger partial charge in [0.2, 0.25) is 0 Å². The van der Waals surface area contributed by atoms with Crippen LogP contribution in [0.5, 0.6) is 0 Å². The maximum Gasteiger partial charge on any atom is 0.438 e. The number of carbonyl (C=O) groups is 1. The fourth-order valence-corrected chi connectivity index (χ4v) is 2.29. The highest BCUT2D eigenvalue weighted by atomic mass is 19.4. The number of carbonyl (C=O) groups excluding carboxylic acids is 1. The van der Waals surface area contributed by atoms with Crippen LogP contribution in [-0.2, 0) is 0 Å². The van der Waals surface area contributed by atoms with Crippen molar-refractivity contribution in [3.63, 3.8) is 0 Å². The van der Waals surface area contributed by atoms with E-state index in [0.29, 0.717) is 5.56 Å². The van der Waals surface area contributed by atoms with Crippen molar-refractivity contribution >= 4 is 11.6 Å². The molecule has 1 N–H and O–H groups in total. The summed E-state index contributed by atoms with van der Waals surface area (Å²) in [4.78, 5) is 19.9. The number of alkyl halides is 3. The lowest BCUT2D eigenvalue weighted by atomic mass is 10.0. The zero-order valence-electron chi connectivity index (χ0n) is 12.1. The molecular formula is C15H11F3N4O2. The van der Waals surface area contributed by atoms with Crippen LogP contribution in [0, 0.1) is 0 Å². The smallest absolute Gasteiger partial charge is 0.362 e. The van der Waals surface area contributed by atoms with Gasteiger partial charge in [-0.3, -0.25) is 14.8 Å². The van der Waals surface area contributed by atoms with Crippen molar-refractivity contribution in [1.82, 2.24) is 15.0 Å². The predicted octanol–water partition coefficient (Wildman–Crippen LogP) is 1.98. The predicted molar refractivity (Wildman–Crippen MR) is 76.8 cm³/mol. The molecule has 0 saturated carbocycles. The highest BCUT2D eigenvalue weighted by molar-refractivity contribution is 6.05. The molecule has 0 saturated heterocycles. The van der Waals surface area contributed by atoms with E-state index in [-0.39, 0.29) is 16.3 Å². The quantitative estimate of drug-likeness (QED) is 0.909. The normalized spacial score (nSPS) is 20.8. The molecule has 124 valence electrons. The molecule has 3 rings (SSSR count). The minimum absolute atomic E-state index is 0.0659. The summed E-state index contributed by atoms with van der Waals surface area (Å²) in [7, 11) is 0. The van der Waals surface area contributed by atoms with Gasteiger partial charge in [0.1, 0.15) is 0 Å². The van der Waals surface area contributed by atoms with Crippen molar-refractivity contribution in [2.75, 3.05) is 0 Å². The van der Waals surface area contributed by atoms with Gasteiger partial charge < -0.3 is 5.11 Å². The van der Waals surface area contributed by atoms with Gasteiger partial charge in [-0.1, -0.05) is 6.07 Å². The summed E-state index contributed by atoms with van der Waals surface area (Å²) in [5, 5.41) is 14.0. The first-order valence-corrected chi connectivity index (χ1v) is 6.84. The molecule has 1 atom stereocenters. The molecule has 9 heteroatoms. The summed E-state index contributed by atoms with van der Waals surface area (Å²) >= 11 is 0. The van der Waals surface area contributed by atoms with Gasteiger partial charge >= 0.3 is 6.18 Å². The Bertz CT molecular complexity index is 780. The van der Waals surface area contributed by atoms with E-state index in [1.54, 1.807) is 0 Å². The monoisotopic (exact) mass is 336 g/mol. The number of aliphatic hydroxyl groups is 1. The van der Waals surface area contributed by atoms with Crippen molar-refractivity contribution < 1.29 is 23.1 Å². The molecule has 0 spiro atoms. The molecule has 6 nitrogen and oxygen atoms in total. The van der Waals surface area contributed by atoms with Crippen LogP contribution in [-0.4, -0.2) is 43.6 Å². The molecule has 0 aromatic carbocycles. The van der Waals surface area contributed by atoms with Crippen LogP contribution in [0.15, 0.2) is 54.2 Å². The summed E-state index contributed by atoms with van der Waals surface area (Å²) in [5.74, 6) is -1.07. The number of aromatic nitrogens is 2. The Morgan fingerprint density at radius 2 is 1.88 bits per heavy atom. The minimum Gasteiger partial charge on any atom is -0.362 e. The second-order valence-electron chi connectivity index (χ2n) is 5.13. The van der Waals surface area contributed by atoms with E-state index < -0.39 is 24.2 Å². The zero-order chi connectivity index (χ0) is 17.4. The number of amides is 1. The summed E-state index contributed by atoms with van der Waals surface area (Å²) in [6.07, 6.45) is -0.656. The van der Waals surface area contributed by atoms with E-state index in [4.69, 9.17) is 0 Å². The highest BCUT2D eigenvalue weighted by Gasteiger charge is 2.63. The van der Waals surface area contributed by atoms with Crippen molar-refractivity contribution in [2.45, 2.75) is 18.3 Å². The fraction of sp³-hybridized carbons (Fsp3) is 0.200. The number of hydrogen-bond donors (Lipinski definition) is 1. The van der Waals surface area contributed by atoms with E-state index >= 15 is 0 Å². The topological polar surface area (TPSA) is 78.7 Å². The van der Waals surface area contributed by atoms with Gasteiger partial charge in [0.25, 0.3) is 11.6 Å². The molecule has 0 aliphatic carbocycles. The molecule has 1 aliphatic rings. The molecule has 0 bridgehead atoms. The number of pyridine rings is 2. The second-order valence-corrected chi connectivity index (χ2v) is 5.13. The molecule has 2 aromatic rings. The third kappa shape index (κ3) is 2.62. The minimum atomic E-state index is -5.08. The number of halogens is 3. The van der Waals surface area contributed by atoms with Crippen LogP contribution in [0.25, 0.3) is 0 Å². The SMILES string of the molecule is O=C(c1ccncc1)N1N=C(c2cccnc2)C[C@]1(O)C(F)(F)F. The lowest BCUT2D eigenvalue weighted by Gasteiger charge is -2.32. The van der Waals surface area contributed by atoms with Gasteiger partial charge in [0.05, 0.1) is 12.1 Å². The third-order valence-corrected chi connectivity index (χ3v) is 3.55. The molecule has 2 aromatic heterocycles. The van der Waals surface area contributed by atoms with Gasteiger partial charge in [-0.15, -0.1) is 0 Å². The molecule has 0 radical (unpaired) electrons. The molecule has 1 amide bonds. The maximum absolute atomic E-state index is 13.4. The molecule has 24 heavy (non-hydrogen) atoms. The number of hydrogen-bond acceptors (Lipinski definition) is 5. The number of rotatable bonds is 2. The van der Waals surface area contributed by atoms with Crippen LogP contribution in [0.3, 0.4) is 0 Å². The van der Waals surface area contributed by atoms with E-state index in [2.05, 4.69) is 15.1 Å². The third-order valence-electron chi connectivity index (χ3n) is 3.55. The van der Waals surface area contributed by atoms with E-state index in [1.807, 2.05) is 0 Å². The second kappa shape index (κ2) is 5.68. The van der Waals surface area contributed by atoms with Crippen LogP contribution < -0.4 is 0 Å². The molecule has 3 heterocycles. The van der Waals surface area contributed by atoms with Gasteiger partial charge in [0.15, 0.2) is 0 Å². The maximum atomic E-state index is 13.4. The van der Waals surface area contributed by atoms with Gasteiger partial charge in [-0.05, 0) is 18.2 Å². The van der Waals surface area contributed by atoms with E-state index in [1.165, 1.54) is 49.1 Å². The number of hydrazone groups is 1. The first-order valence-electron chi connectivity index (χ1n) is 6.84. The standard InChI is InChI=1S/C15H11F3N4O2/c16-15(17,18)14(24)8-12(11-2-1-5-20-9-11)21-22(14)13(23)10-3-6-19-7-4-10/h1-7,9,24H,8H2/t14-/m0/s1. The first kappa shape index (κ1) is 16.1. The van der Waals surface area contributed by atoms with Crippen LogP contribution in [0.4, 0.5) is 13.2 Å². The Hall–Kier alpha value is -2.81. The Balaban J connectivity index is 2.05. The van der Waals surface area contributed by atoms with E-state index in [9.17, 15) is 23.1 Å². The van der Waals surface area contributed by atoms with Crippen molar-refractivity contribution in [3.05, 3.63) is 60.2 Å². The molecular weight excluding hydrogens is 325 g/mol. The largest absolute Gasteiger partial charge is 0.438 e.